The Kier molecular flexibility index (Phi) is 1.67. The first kappa shape index (κ1) is 9.39. The molecule has 82 valence electrons. The summed E-state index contributed by atoms with van der Waals surface area (Å²) in [5.41, 5.74) is 0.851. The Morgan fingerprint density at radius 3 is 2.81 bits per heavy atom. The zero-order chi connectivity index (χ0) is 11.3. The largest absolute Gasteiger partial charge is 0.461 e. The van der Waals surface area contributed by atoms with Crippen molar-refractivity contribution in [1.29, 1.82) is 0 Å². The number of amides is 1. The van der Waals surface area contributed by atoms with Gasteiger partial charge in [-0.25, -0.2) is 0 Å². The molecule has 2 atom stereocenters. The Morgan fingerprint density at radius 2 is 2.12 bits per heavy atom. The fourth-order valence-electron chi connectivity index (χ4n) is 2.63. The van der Waals surface area contributed by atoms with Crippen molar-refractivity contribution < 1.29 is 14.3 Å². The normalized spacial score (nSPS) is 31.4. The minimum absolute atomic E-state index is 0.132. The van der Waals surface area contributed by atoms with Gasteiger partial charge in [-0.15, -0.1) is 0 Å². The van der Waals surface area contributed by atoms with Crippen LogP contribution in [0.3, 0.4) is 0 Å². The van der Waals surface area contributed by atoms with E-state index in [0.717, 1.165) is 11.3 Å². The van der Waals surface area contributed by atoms with Gasteiger partial charge in [0.1, 0.15) is 11.5 Å². The number of esters is 1. The lowest BCUT2D eigenvalue weighted by Crippen LogP contribution is -2.40. The maximum Gasteiger partial charge on any atom is 0.307 e. The number of carbonyl (C=O) groups excluding carboxylic acids is 2. The standard InChI is InChI=1S/C12H11NO3/c1-7-12(6-10(14)16-7)8-4-2-3-5-9(8)13-11(12)15/h2-5,7H,6H2,1H3,(H,13,15)/t7-,12-/m0/s1. The van der Waals surface area contributed by atoms with E-state index < -0.39 is 11.5 Å². The molecule has 0 radical (unpaired) electrons. The molecule has 2 aliphatic heterocycles. The number of fused-ring (bicyclic) bond motifs is 2. The predicted octanol–water partition coefficient (Wildman–Crippen LogP) is 1.21. The lowest BCUT2D eigenvalue weighted by molar-refractivity contribution is -0.140. The smallest absolute Gasteiger partial charge is 0.307 e. The average molecular weight is 217 g/mol. The molecule has 0 bridgehead atoms. The zero-order valence-corrected chi connectivity index (χ0v) is 8.82. The fraction of sp³-hybridized carbons (Fsp3) is 0.333. The highest BCUT2D eigenvalue weighted by Crippen LogP contribution is 2.47. The van der Waals surface area contributed by atoms with Crippen LogP contribution in [-0.4, -0.2) is 18.0 Å². The van der Waals surface area contributed by atoms with E-state index >= 15 is 0 Å². The number of carbonyl (C=O) groups is 2. The van der Waals surface area contributed by atoms with Gasteiger partial charge in [0, 0.05) is 5.69 Å². The molecule has 1 saturated heterocycles. The van der Waals surface area contributed by atoms with Crippen molar-refractivity contribution in [1.82, 2.24) is 0 Å². The number of ether oxygens (including phenoxy) is 1. The molecule has 2 aliphatic rings. The van der Waals surface area contributed by atoms with Crippen LogP contribution in [-0.2, 0) is 19.7 Å². The molecule has 1 amide bonds. The highest BCUT2D eigenvalue weighted by molar-refractivity contribution is 6.09. The third-order valence-electron chi connectivity index (χ3n) is 3.49. The summed E-state index contributed by atoms with van der Waals surface area (Å²) in [4.78, 5) is 23.4. The summed E-state index contributed by atoms with van der Waals surface area (Å²) < 4.78 is 5.13. The van der Waals surface area contributed by atoms with Crippen LogP contribution in [0.1, 0.15) is 18.9 Å². The quantitative estimate of drug-likeness (QED) is 0.664. The number of rotatable bonds is 0. The molecule has 1 spiro atoms. The zero-order valence-electron chi connectivity index (χ0n) is 8.82. The molecule has 0 saturated carbocycles. The highest BCUT2D eigenvalue weighted by atomic mass is 16.6. The van der Waals surface area contributed by atoms with E-state index in [2.05, 4.69) is 5.32 Å². The monoisotopic (exact) mass is 217 g/mol. The molecule has 1 aromatic carbocycles. The minimum Gasteiger partial charge on any atom is -0.461 e. The van der Waals surface area contributed by atoms with E-state index in [4.69, 9.17) is 4.74 Å². The Labute approximate surface area is 92.6 Å². The number of anilines is 1. The van der Waals surface area contributed by atoms with Gasteiger partial charge in [-0.05, 0) is 18.6 Å². The molecular weight excluding hydrogens is 206 g/mol. The molecule has 0 aliphatic carbocycles. The van der Waals surface area contributed by atoms with Gasteiger partial charge in [0.2, 0.25) is 5.91 Å². The number of benzene rings is 1. The summed E-state index contributed by atoms with van der Waals surface area (Å²) in [6.07, 6.45) is -0.263. The first-order valence-corrected chi connectivity index (χ1v) is 5.25. The van der Waals surface area contributed by atoms with Gasteiger partial charge in [-0.1, -0.05) is 18.2 Å². The van der Waals surface area contributed by atoms with Gasteiger partial charge in [0.25, 0.3) is 0 Å². The van der Waals surface area contributed by atoms with Gasteiger partial charge < -0.3 is 10.1 Å². The third-order valence-corrected chi connectivity index (χ3v) is 3.49. The van der Waals surface area contributed by atoms with E-state index in [1.165, 1.54) is 0 Å². The SMILES string of the molecule is C[C@@H]1OC(=O)C[C@]12C(=O)Nc1ccccc12. The summed E-state index contributed by atoms with van der Waals surface area (Å²) in [6.45, 7) is 1.77. The van der Waals surface area contributed by atoms with Crippen LogP contribution in [0.2, 0.25) is 0 Å². The van der Waals surface area contributed by atoms with Crippen LogP contribution < -0.4 is 5.32 Å². The maximum atomic E-state index is 12.1. The summed E-state index contributed by atoms with van der Waals surface area (Å²) in [7, 11) is 0. The molecule has 0 aromatic heterocycles. The summed E-state index contributed by atoms with van der Waals surface area (Å²) >= 11 is 0. The van der Waals surface area contributed by atoms with E-state index in [-0.39, 0.29) is 18.3 Å². The molecule has 1 aromatic rings. The number of hydrogen-bond acceptors (Lipinski definition) is 3. The Bertz CT molecular complexity index is 497. The van der Waals surface area contributed by atoms with Crippen molar-refractivity contribution in [2.24, 2.45) is 0 Å². The van der Waals surface area contributed by atoms with Gasteiger partial charge in [-0.2, -0.15) is 0 Å². The van der Waals surface area contributed by atoms with Gasteiger partial charge in [-0.3, -0.25) is 9.59 Å². The molecule has 4 nitrogen and oxygen atoms in total. The molecular formula is C12H11NO3. The first-order chi connectivity index (χ1) is 7.64. The second-order valence-electron chi connectivity index (χ2n) is 4.28. The van der Waals surface area contributed by atoms with E-state index in [9.17, 15) is 9.59 Å². The maximum absolute atomic E-state index is 12.1. The molecule has 1 fully saturated rings. The number of hydrogen-bond donors (Lipinski definition) is 1. The Balaban J connectivity index is 2.21. The van der Waals surface area contributed by atoms with Crippen LogP contribution in [0.15, 0.2) is 24.3 Å². The van der Waals surface area contributed by atoms with Crippen molar-refractivity contribution in [2.45, 2.75) is 24.9 Å². The minimum atomic E-state index is -0.812. The third kappa shape index (κ3) is 0.939. The van der Waals surface area contributed by atoms with Crippen molar-refractivity contribution in [3.8, 4) is 0 Å². The lowest BCUT2D eigenvalue weighted by Gasteiger charge is -2.23. The highest BCUT2D eigenvalue weighted by Gasteiger charge is 2.57. The number of cyclic esters (lactones) is 1. The van der Waals surface area contributed by atoms with Gasteiger partial charge in [0.15, 0.2) is 0 Å². The van der Waals surface area contributed by atoms with Crippen LogP contribution in [0.4, 0.5) is 5.69 Å². The number of para-hydroxylation sites is 1. The average Bonchev–Trinajstić information content (AvgIpc) is 2.69. The summed E-state index contributed by atoms with van der Waals surface area (Å²) in [6, 6.07) is 7.46. The van der Waals surface area contributed by atoms with Crippen LogP contribution in [0.5, 0.6) is 0 Å². The number of nitrogens with one attached hydrogen (secondary N) is 1. The lowest BCUT2D eigenvalue weighted by atomic mass is 9.76. The van der Waals surface area contributed by atoms with Gasteiger partial charge >= 0.3 is 5.97 Å². The van der Waals surface area contributed by atoms with Crippen molar-refractivity contribution in [2.75, 3.05) is 5.32 Å². The molecule has 16 heavy (non-hydrogen) atoms. The summed E-state index contributed by atoms with van der Waals surface area (Å²) in [5.74, 6) is -0.439. The summed E-state index contributed by atoms with van der Waals surface area (Å²) in [5, 5.41) is 2.81. The molecule has 0 unspecified atom stereocenters. The topological polar surface area (TPSA) is 55.4 Å². The molecule has 1 N–H and O–H groups in total. The fourth-order valence-corrected chi connectivity index (χ4v) is 2.63. The van der Waals surface area contributed by atoms with Crippen molar-refractivity contribution >= 4 is 17.6 Å². The second kappa shape index (κ2) is 2.84. The Morgan fingerprint density at radius 1 is 1.38 bits per heavy atom. The van der Waals surface area contributed by atoms with Crippen molar-refractivity contribution in [3.05, 3.63) is 29.8 Å². The van der Waals surface area contributed by atoms with Crippen molar-refractivity contribution in [3.63, 3.8) is 0 Å². The second-order valence-corrected chi connectivity index (χ2v) is 4.28. The van der Waals surface area contributed by atoms with E-state index in [1.807, 2.05) is 24.3 Å². The predicted molar refractivity (Wildman–Crippen MR) is 56.9 cm³/mol. The van der Waals surface area contributed by atoms with Crippen LogP contribution >= 0.6 is 0 Å². The van der Waals surface area contributed by atoms with E-state index in [0.29, 0.717) is 0 Å². The molecule has 3 rings (SSSR count). The first-order valence-electron chi connectivity index (χ1n) is 5.25. The van der Waals surface area contributed by atoms with Crippen LogP contribution in [0.25, 0.3) is 0 Å². The van der Waals surface area contributed by atoms with E-state index in [1.54, 1.807) is 6.92 Å². The van der Waals surface area contributed by atoms with Crippen LogP contribution in [0, 0.1) is 0 Å². The Hall–Kier alpha value is -1.84. The molecule has 2 heterocycles. The molecule has 4 heteroatoms. The van der Waals surface area contributed by atoms with Gasteiger partial charge in [0.05, 0.1) is 6.42 Å².